The standard InChI is InChI=1S/C14H21NO4S/c1-10-7-11(2)14(13(8-10)18-3)20(16,17)15-9-12-5-4-6-19-12/h7-8,12,15H,4-6,9H2,1-3H3. The van der Waals surface area contributed by atoms with Gasteiger partial charge in [0, 0.05) is 13.2 Å². The second-order valence-electron chi connectivity index (χ2n) is 5.10. The Balaban J connectivity index is 2.24. The molecule has 6 heteroatoms. The van der Waals surface area contributed by atoms with Crippen molar-refractivity contribution in [2.45, 2.75) is 37.7 Å². The quantitative estimate of drug-likeness (QED) is 0.900. The van der Waals surface area contributed by atoms with Gasteiger partial charge in [-0.2, -0.15) is 0 Å². The number of rotatable bonds is 5. The van der Waals surface area contributed by atoms with Gasteiger partial charge in [0.2, 0.25) is 10.0 Å². The SMILES string of the molecule is COc1cc(C)cc(C)c1S(=O)(=O)NCC1CCCO1. The number of methoxy groups -OCH3 is 1. The molecule has 1 aliphatic rings. The highest BCUT2D eigenvalue weighted by atomic mass is 32.2. The molecule has 1 aliphatic heterocycles. The van der Waals surface area contributed by atoms with Gasteiger partial charge in [-0.3, -0.25) is 0 Å². The van der Waals surface area contributed by atoms with Crippen molar-refractivity contribution in [3.8, 4) is 5.75 Å². The zero-order valence-electron chi connectivity index (χ0n) is 12.1. The van der Waals surface area contributed by atoms with Gasteiger partial charge >= 0.3 is 0 Å². The van der Waals surface area contributed by atoms with Crippen molar-refractivity contribution in [1.82, 2.24) is 4.72 Å². The van der Waals surface area contributed by atoms with Crippen molar-refractivity contribution in [1.29, 1.82) is 0 Å². The fraction of sp³-hybridized carbons (Fsp3) is 0.571. The third kappa shape index (κ3) is 3.31. The van der Waals surface area contributed by atoms with Crippen LogP contribution in [0, 0.1) is 13.8 Å². The van der Waals surface area contributed by atoms with Gasteiger partial charge < -0.3 is 9.47 Å². The Morgan fingerprint density at radius 2 is 2.15 bits per heavy atom. The summed E-state index contributed by atoms with van der Waals surface area (Å²) in [6, 6.07) is 3.57. The lowest BCUT2D eigenvalue weighted by Gasteiger charge is -2.16. The maximum Gasteiger partial charge on any atom is 0.244 e. The highest BCUT2D eigenvalue weighted by molar-refractivity contribution is 7.89. The highest BCUT2D eigenvalue weighted by Crippen LogP contribution is 2.28. The second kappa shape index (κ2) is 6.11. The molecule has 0 saturated carbocycles. The molecule has 20 heavy (non-hydrogen) atoms. The van der Waals surface area contributed by atoms with Gasteiger partial charge in [0.05, 0.1) is 13.2 Å². The van der Waals surface area contributed by atoms with Gasteiger partial charge in [-0.15, -0.1) is 0 Å². The van der Waals surface area contributed by atoms with E-state index in [2.05, 4.69) is 4.72 Å². The summed E-state index contributed by atoms with van der Waals surface area (Å²) in [4.78, 5) is 0.212. The van der Waals surface area contributed by atoms with Crippen LogP contribution in [0.1, 0.15) is 24.0 Å². The van der Waals surface area contributed by atoms with Crippen LogP contribution in [0.3, 0.4) is 0 Å². The first-order valence-corrected chi connectivity index (χ1v) is 8.19. The summed E-state index contributed by atoms with van der Waals surface area (Å²) in [6.45, 7) is 4.69. The molecule has 5 nitrogen and oxygen atoms in total. The first kappa shape index (κ1) is 15.3. The van der Waals surface area contributed by atoms with E-state index in [0.717, 1.165) is 18.4 Å². The molecule has 0 bridgehead atoms. The molecule has 0 aliphatic carbocycles. The summed E-state index contributed by atoms with van der Waals surface area (Å²) in [7, 11) is -2.11. The van der Waals surface area contributed by atoms with Crippen molar-refractivity contribution in [3.63, 3.8) is 0 Å². The summed E-state index contributed by atoms with van der Waals surface area (Å²) >= 11 is 0. The zero-order valence-corrected chi connectivity index (χ0v) is 12.9. The fourth-order valence-corrected chi connectivity index (χ4v) is 3.93. The van der Waals surface area contributed by atoms with Gasteiger partial charge in [-0.25, -0.2) is 13.1 Å². The van der Waals surface area contributed by atoms with Crippen LogP contribution in [0.15, 0.2) is 17.0 Å². The van der Waals surface area contributed by atoms with Crippen molar-refractivity contribution in [2.75, 3.05) is 20.3 Å². The van der Waals surface area contributed by atoms with Crippen LogP contribution in [0.4, 0.5) is 0 Å². The Bertz CT molecular complexity index is 577. The van der Waals surface area contributed by atoms with E-state index >= 15 is 0 Å². The second-order valence-corrected chi connectivity index (χ2v) is 6.80. The van der Waals surface area contributed by atoms with Crippen LogP contribution in [-0.4, -0.2) is 34.8 Å². The fourth-order valence-electron chi connectivity index (χ4n) is 2.49. The zero-order chi connectivity index (χ0) is 14.8. The molecule has 0 radical (unpaired) electrons. The largest absolute Gasteiger partial charge is 0.495 e. The molecule has 1 fully saturated rings. The van der Waals surface area contributed by atoms with Crippen molar-refractivity contribution < 1.29 is 17.9 Å². The summed E-state index contributed by atoms with van der Waals surface area (Å²) < 4.78 is 38.2. The van der Waals surface area contributed by atoms with Gasteiger partial charge in [0.1, 0.15) is 10.6 Å². The molecule has 1 atom stereocenters. The van der Waals surface area contributed by atoms with Gasteiger partial charge in [0.15, 0.2) is 0 Å². The smallest absolute Gasteiger partial charge is 0.244 e. The van der Waals surface area contributed by atoms with Crippen LogP contribution >= 0.6 is 0 Å². The van der Waals surface area contributed by atoms with Crippen LogP contribution in [-0.2, 0) is 14.8 Å². The molecule has 1 unspecified atom stereocenters. The minimum atomic E-state index is -3.59. The molecule has 0 spiro atoms. The molecule has 0 aromatic heterocycles. The summed E-state index contributed by atoms with van der Waals surface area (Å²) in [6.07, 6.45) is 1.85. The van der Waals surface area contributed by atoms with Gasteiger partial charge in [-0.1, -0.05) is 6.07 Å². The number of hydrogen-bond acceptors (Lipinski definition) is 4. The first-order valence-electron chi connectivity index (χ1n) is 6.70. The Kier molecular flexibility index (Phi) is 4.67. The molecule has 1 aromatic carbocycles. The molecule has 1 saturated heterocycles. The highest BCUT2D eigenvalue weighted by Gasteiger charge is 2.25. The number of hydrogen-bond donors (Lipinski definition) is 1. The molecule has 1 aromatic rings. The normalized spacial score (nSPS) is 19.2. The molecule has 112 valence electrons. The predicted molar refractivity (Wildman–Crippen MR) is 76.6 cm³/mol. The molecule has 1 N–H and O–H groups in total. The molecule has 1 heterocycles. The van der Waals surface area contributed by atoms with E-state index in [1.165, 1.54) is 7.11 Å². The van der Waals surface area contributed by atoms with Crippen LogP contribution in [0.5, 0.6) is 5.75 Å². The Morgan fingerprint density at radius 3 is 2.75 bits per heavy atom. The van der Waals surface area contributed by atoms with E-state index in [1.54, 1.807) is 13.0 Å². The average Bonchev–Trinajstić information content (AvgIpc) is 2.88. The maximum atomic E-state index is 12.5. The van der Waals surface area contributed by atoms with Crippen LogP contribution in [0.25, 0.3) is 0 Å². The topological polar surface area (TPSA) is 64.6 Å². The lowest BCUT2D eigenvalue weighted by atomic mass is 10.1. The predicted octanol–water partition coefficient (Wildman–Crippen LogP) is 1.77. The van der Waals surface area contributed by atoms with Gasteiger partial charge in [0.25, 0.3) is 0 Å². The third-order valence-corrected chi connectivity index (χ3v) is 5.01. The van der Waals surface area contributed by atoms with Crippen molar-refractivity contribution in [3.05, 3.63) is 23.3 Å². The first-order chi connectivity index (χ1) is 9.44. The lowest BCUT2D eigenvalue weighted by molar-refractivity contribution is 0.114. The van der Waals surface area contributed by atoms with Crippen molar-refractivity contribution >= 4 is 10.0 Å². The Morgan fingerprint density at radius 1 is 1.40 bits per heavy atom. The number of sulfonamides is 1. The number of nitrogens with one attached hydrogen (secondary N) is 1. The summed E-state index contributed by atoms with van der Waals surface area (Å²) in [5.74, 6) is 0.377. The Hall–Kier alpha value is -1.11. The maximum absolute atomic E-state index is 12.5. The summed E-state index contributed by atoms with van der Waals surface area (Å²) in [5.41, 5.74) is 1.65. The number of ether oxygens (including phenoxy) is 2. The minimum absolute atomic E-state index is 0.0264. The van der Waals surface area contributed by atoms with E-state index in [9.17, 15) is 8.42 Å². The Labute approximate surface area is 120 Å². The number of benzene rings is 1. The molecular weight excluding hydrogens is 278 g/mol. The van der Waals surface area contributed by atoms with Crippen LogP contribution in [0.2, 0.25) is 0 Å². The summed E-state index contributed by atoms with van der Waals surface area (Å²) in [5, 5.41) is 0. The van der Waals surface area contributed by atoms with Gasteiger partial charge in [-0.05, 0) is 43.9 Å². The average molecular weight is 299 g/mol. The van der Waals surface area contributed by atoms with E-state index in [0.29, 0.717) is 24.5 Å². The third-order valence-electron chi connectivity index (χ3n) is 3.40. The molecule has 2 rings (SSSR count). The van der Waals surface area contributed by atoms with E-state index in [1.807, 2.05) is 13.0 Å². The number of aryl methyl sites for hydroxylation is 2. The van der Waals surface area contributed by atoms with Crippen molar-refractivity contribution in [2.24, 2.45) is 0 Å². The van der Waals surface area contributed by atoms with Crippen LogP contribution < -0.4 is 9.46 Å². The van der Waals surface area contributed by atoms with E-state index < -0.39 is 10.0 Å². The lowest BCUT2D eigenvalue weighted by Crippen LogP contribution is -2.32. The molecule has 0 amide bonds. The molecular formula is C14H21NO4S. The monoisotopic (exact) mass is 299 g/mol. The van der Waals surface area contributed by atoms with E-state index in [-0.39, 0.29) is 11.0 Å². The van der Waals surface area contributed by atoms with E-state index in [4.69, 9.17) is 9.47 Å². The minimum Gasteiger partial charge on any atom is -0.495 e.